The Morgan fingerprint density at radius 3 is 2.50 bits per heavy atom. The molecule has 0 unspecified atom stereocenters. The summed E-state index contributed by atoms with van der Waals surface area (Å²) >= 11 is 4.30. The fraction of sp³-hybridized carbons (Fsp3) is 0.125. The number of hydrogen-bond donors (Lipinski definition) is 1. The fourth-order valence-corrected chi connectivity index (χ4v) is 4.69. The molecule has 0 spiro atoms. The molecule has 2 heterocycles. The maximum absolute atomic E-state index is 12.9. The van der Waals surface area contributed by atoms with Crippen LogP contribution >= 0.6 is 27.7 Å². The van der Waals surface area contributed by atoms with Gasteiger partial charge in [-0.05, 0) is 73.1 Å². The van der Waals surface area contributed by atoms with Crippen molar-refractivity contribution in [3.05, 3.63) is 87.0 Å². The van der Waals surface area contributed by atoms with Crippen molar-refractivity contribution in [3.8, 4) is 5.69 Å². The third-order valence-corrected chi connectivity index (χ3v) is 6.47. The van der Waals surface area contributed by atoms with Gasteiger partial charge >= 0.3 is 0 Å². The highest BCUT2D eigenvalue weighted by Gasteiger charge is 2.36. The highest BCUT2D eigenvalue weighted by atomic mass is 79.9. The van der Waals surface area contributed by atoms with E-state index in [0.717, 1.165) is 43.6 Å². The van der Waals surface area contributed by atoms with Gasteiger partial charge in [-0.3, -0.25) is 19.3 Å². The molecule has 1 aliphatic rings. The number of aromatic nitrogens is 1. The normalized spacial score (nSPS) is 15.0. The minimum atomic E-state index is -0.473. The first-order valence-electron chi connectivity index (χ1n) is 9.88. The molecule has 0 aliphatic carbocycles. The van der Waals surface area contributed by atoms with Crippen LogP contribution in [0, 0.1) is 13.8 Å². The van der Waals surface area contributed by atoms with Crippen LogP contribution in [0.4, 0.5) is 10.5 Å². The van der Waals surface area contributed by atoms with E-state index in [2.05, 4.69) is 21.2 Å². The predicted octanol–water partition coefficient (Wildman–Crippen LogP) is 5.53. The van der Waals surface area contributed by atoms with E-state index >= 15 is 0 Å². The zero-order chi connectivity index (χ0) is 22.8. The monoisotopic (exact) mass is 509 g/mol. The van der Waals surface area contributed by atoms with E-state index in [1.54, 1.807) is 6.08 Å². The van der Waals surface area contributed by atoms with Crippen molar-refractivity contribution in [2.75, 3.05) is 11.9 Å². The summed E-state index contributed by atoms with van der Waals surface area (Å²) in [7, 11) is 0. The molecule has 1 saturated heterocycles. The SMILES string of the molecule is Cc1cccc(C)c1NC(=O)CN1C(=O)S/C(=C/c2cccn2-c2cccc(Br)c2)C1=O. The molecule has 4 rings (SSSR count). The van der Waals surface area contributed by atoms with E-state index in [1.165, 1.54) is 0 Å². The number of nitrogens with zero attached hydrogens (tertiary/aromatic N) is 2. The van der Waals surface area contributed by atoms with Crippen LogP contribution in [0.15, 0.2) is 70.2 Å². The third kappa shape index (κ3) is 4.56. The lowest BCUT2D eigenvalue weighted by Gasteiger charge is -2.15. The standard InChI is InChI=1S/C24H20BrN3O3S/c1-15-6-3-7-16(2)22(15)26-21(29)14-28-23(30)20(32-24(28)31)13-19-10-5-11-27(19)18-9-4-8-17(25)12-18/h3-13H,14H2,1-2H3,(H,26,29)/b20-13+. The summed E-state index contributed by atoms with van der Waals surface area (Å²) < 4.78 is 2.86. The number of rotatable bonds is 5. The third-order valence-electron chi connectivity index (χ3n) is 5.07. The Hall–Kier alpha value is -3.10. The van der Waals surface area contributed by atoms with Gasteiger partial charge in [0, 0.05) is 27.7 Å². The van der Waals surface area contributed by atoms with Crippen molar-refractivity contribution in [1.29, 1.82) is 0 Å². The molecule has 162 valence electrons. The topological polar surface area (TPSA) is 71.4 Å². The van der Waals surface area contributed by atoms with Crippen molar-refractivity contribution in [3.63, 3.8) is 0 Å². The molecule has 3 amide bonds. The van der Waals surface area contributed by atoms with Crippen LogP contribution in [0.3, 0.4) is 0 Å². The lowest BCUT2D eigenvalue weighted by Crippen LogP contribution is -2.36. The second kappa shape index (κ2) is 9.18. The summed E-state index contributed by atoms with van der Waals surface area (Å²) in [6, 6.07) is 17.2. The maximum atomic E-state index is 12.9. The number of carbonyl (C=O) groups excluding carboxylic acids is 3. The highest BCUT2D eigenvalue weighted by Crippen LogP contribution is 2.33. The molecule has 1 N–H and O–H groups in total. The first-order valence-corrected chi connectivity index (χ1v) is 11.5. The van der Waals surface area contributed by atoms with Gasteiger partial charge in [0.25, 0.3) is 11.1 Å². The van der Waals surface area contributed by atoms with Crippen LogP contribution in [0.5, 0.6) is 0 Å². The first-order chi connectivity index (χ1) is 15.3. The largest absolute Gasteiger partial charge is 0.324 e. The number of hydrogen-bond acceptors (Lipinski definition) is 4. The molecule has 0 bridgehead atoms. The highest BCUT2D eigenvalue weighted by molar-refractivity contribution is 9.10. The van der Waals surface area contributed by atoms with E-state index in [0.29, 0.717) is 5.69 Å². The number of thioether (sulfide) groups is 1. The molecule has 1 aromatic heterocycles. The van der Waals surface area contributed by atoms with Gasteiger partial charge in [-0.2, -0.15) is 0 Å². The van der Waals surface area contributed by atoms with Gasteiger partial charge in [0.2, 0.25) is 5.91 Å². The molecule has 2 aromatic carbocycles. The van der Waals surface area contributed by atoms with Gasteiger partial charge in [-0.15, -0.1) is 0 Å². The minimum absolute atomic E-state index is 0.282. The number of carbonyl (C=O) groups is 3. The smallest absolute Gasteiger partial charge is 0.294 e. The average molecular weight is 510 g/mol. The van der Waals surface area contributed by atoms with Crippen molar-refractivity contribution >= 4 is 56.5 Å². The van der Waals surface area contributed by atoms with Gasteiger partial charge in [0.05, 0.1) is 4.91 Å². The van der Waals surface area contributed by atoms with E-state index in [9.17, 15) is 14.4 Å². The fourth-order valence-electron chi connectivity index (χ4n) is 3.48. The number of aryl methyl sites for hydroxylation is 2. The Kier molecular flexibility index (Phi) is 6.34. The molecular formula is C24H20BrN3O3S. The molecular weight excluding hydrogens is 490 g/mol. The van der Waals surface area contributed by atoms with Gasteiger partial charge < -0.3 is 9.88 Å². The van der Waals surface area contributed by atoms with Gasteiger partial charge in [0.1, 0.15) is 6.54 Å². The summed E-state index contributed by atoms with van der Waals surface area (Å²) in [5.41, 5.74) is 4.21. The van der Waals surface area contributed by atoms with Crippen molar-refractivity contribution in [1.82, 2.24) is 9.47 Å². The van der Waals surface area contributed by atoms with E-state index in [4.69, 9.17) is 0 Å². The Morgan fingerprint density at radius 2 is 1.78 bits per heavy atom. The van der Waals surface area contributed by atoms with E-state index in [-0.39, 0.29) is 11.4 Å². The quantitative estimate of drug-likeness (QED) is 0.458. The van der Waals surface area contributed by atoms with E-state index < -0.39 is 17.1 Å². The van der Waals surface area contributed by atoms with Crippen LogP contribution in [0.1, 0.15) is 16.8 Å². The van der Waals surface area contributed by atoms with Crippen LogP contribution in [0.25, 0.3) is 11.8 Å². The van der Waals surface area contributed by atoms with E-state index in [1.807, 2.05) is 79.2 Å². The molecule has 1 aliphatic heterocycles. The summed E-state index contributed by atoms with van der Waals surface area (Å²) in [6.45, 7) is 3.46. The molecule has 32 heavy (non-hydrogen) atoms. The Labute approximate surface area is 198 Å². The molecule has 6 nitrogen and oxygen atoms in total. The molecule has 0 saturated carbocycles. The lowest BCUT2D eigenvalue weighted by atomic mass is 10.1. The van der Waals surface area contributed by atoms with Crippen molar-refractivity contribution in [2.24, 2.45) is 0 Å². The first kappa shape index (κ1) is 22.1. The maximum Gasteiger partial charge on any atom is 0.294 e. The van der Waals surface area contributed by atoms with Gasteiger partial charge in [-0.1, -0.05) is 40.2 Å². The molecule has 1 fully saturated rings. The number of para-hydroxylation sites is 1. The molecule has 8 heteroatoms. The summed E-state index contributed by atoms with van der Waals surface area (Å²) in [4.78, 5) is 39.2. The molecule has 0 radical (unpaired) electrons. The second-order valence-electron chi connectivity index (χ2n) is 7.37. The predicted molar refractivity (Wildman–Crippen MR) is 131 cm³/mol. The Balaban J connectivity index is 1.52. The number of halogens is 1. The Morgan fingerprint density at radius 1 is 1.06 bits per heavy atom. The van der Waals surface area contributed by atoms with Gasteiger partial charge in [-0.25, -0.2) is 0 Å². The van der Waals surface area contributed by atoms with Crippen LogP contribution < -0.4 is 5.32 Å². The van der Waals surface area contributed by atoms with Crippen LogP contribution in [0.2, 0.25) is 0 Å². The minimum Gasteiger partial charge on any atom is -0.324 e. The average Bonchev–Trinajstić information content (AvgIpc) is 3.31. The van der Waals surface area contributed by atoms with Crippen LogP contribution in [-0.2, 0) is 9.59 Å². The number of nitrogens with one attached hydrogen (secondary N) is 1. The Bertz CT molecular complexity index is 1240. The summed E-state index contributed by atoms with van der Waals surface area (Å²) in [6.07, 6.45) is 3.56. The lowest BCUT2D eigenvalue weighted by molar-refractivity contribution is -0.127. The van der Waals surface area contributed by atoms with Crippen molar-refractivity contribution < 1.29 is 14.4 Å². The molecule has 3 aromatic rings. The van der Waals surface area contributed by atoms with Gasteiger partial charge in [0.15, 0.2) is 0 Å². The summed E-state index contributed by atoms with van der Waals surface area (Å²) in [5, 5.41) is 2.36. The number of benzene rings is 2. The van der Waals surface area contributed by atoms with Crippen molar-refractivity contribution in [2.45, 2.75) is 13.8 Å². The number of anilines is 1. The second-order valence-corrected chi connectivity index (χ2v) is 9.27. The zero-order valence-corrected chi connectivity index (χ0v) is 19.9. The zero-order valence-electron chi connectivity index (χ0n) is 17.5. The van der Waals surface area contributed by atoms with Crippen LogP contribution in [-0.4, -0.2) is 33.1 Å². The number of amides is 3. The number of imide groups is 1. The molecule has 0 atom stereocenters. The summed E-state index contributed by atoms with van der Waals surface area (Å²) in [5.74, 6) is -0.887.